The number of hydrogen-bond acceptors (Lipinski definition) is 4. The number of ether oxygens (including phenoxy) is 2. The summed E-state index contributed by atoms with van der Waals surface area (Å²) in [4.78, 5) is 14.3. The quantitative estimate of drug-likeness (QED) is 0.587. The van der Waals surface area contributed by atoms with E-state index in [-0.39, 0.29) is 17.8 Å². The number of para-hydroxylation sites is 1. The minimum Gasteiger partial charge on any atom is -0.496 e. The number of amides is 1. The highest BCUT2D eigenvalue weighted by molar-refractivity contribution is 5.78. The van der Waals surface area contributed by atoms with Gasteiger partial charge in [0, 0.05) is 25.6 Å². The molecule has 1 saturated heterocycles. The van der Waals surface area contributed by atoms with E-state index in [1.54, 1.807) is 19.2 Å². The molecule has 1 fully saturated rings. The summed E-state index contributed by atoms with van der Waals surface area (Å²) in [6, 6.07) is 14.3. The Morgan fingerprint density at radius 3 is 2.72 bits per heavy atom. The molecule has 5 nitrogen and oxygen atoms in total. The lowest BCUT2D eigenvalue weighted by atomic mass is 10.1. The summed E-state index contributed by atoms with van der Waals surface area (Å²) >= 11 is 0. The Labute approximate surface area is 171 Å². The van der Waals surface area contributed by atoms with E-state index in [0.29, 0.717) is 25.3 Å². The standard InChI is InChI=1S/C23H29FN2O3/c1-28-22-5-3-2-4-18(22)13-16-26-20(8-11-23(26)27)12-14-25-15-17-29-21-9-6-19(24)7-10-21/h2-7,9-10,20,25H,8,11-17H2,1H3/t20-/m1/s1. The van der Waals surface area contributed by atoms with E-state index in [1.807, 2.05) is 23.1 Å². The van der Waals surface area contributed by atoms with E-state index in [9.17, 15) is 9.18 Å². The molecule has 6 heteroatoms. The Morgan fingerprint density at radius 2 is 1.93 bits per heavy atom. The zero-order valence-electron chi connectivity index (χ0n) is 16.9. The SMILES string of the molecule is COc1ccccc1CCN1C(=O)CC[C@@H]1CCNCCOc1ccc(F)cc1. The number of likely N-dealkylation sites (tertiary alicyclic amines) is 1. The van der Waals surface area contributed by atoms with Crippen LogP contribution in [0.15, 0.2) is 48.5 Å². The molecule has 2 aromatic carbocycles. The summed E-state index contributed by atoms with van der Waals surface area (Å²) in [5.41, 5.74) is 1.13. The number of carbonyl (C=O) groups excluding carboxylic acids is 1. The number of benzene rings is 2. The van der Waals surface area contributed by atoms with Crippen LogP contribution in [0.3, 0.4) is 0 Å². The maximum absolute atomic E-state index is 12.9. The molecule has 0 aliphatic carbocycles. The van der Waals surface area contributed by atoms with Gasteiger partial charge in [-0.3, -0.25) is 4.79 Å². The summed E-state index contributed by atoms with van der Waals surface area (Å²) in [5.74, 6) is 1.51. The molecule has 1 aliphatic rings. The molecule has 1 heterocycles. The maximum Gasteiger partial charge on any atom is 0.222 e. The maximum atomic E-state index is 12.9. The number of rotatable bonds is 11. The van der Waals surface area contributed by atoms with Crippen LogP contribution >= 0.6 is 0 Å². The minimum atomic E-state index is -0.267. The summed E-state index contributed by atoms with van der Waals surface area (Å²) in [5, 5.41) is 3.36. The zero-order chi connectivity index (χ0) is 20.5. The van der Waals surface area contributed by atoms with Crippen molar-refractivity contribution in [2.75, 3.05) is 33.4 Å². The predicted molar refractivity (Wildman–Crippen MR) is 111 cm³/mol. The Morgan fingerprint density at radius 1 is 1.14 bits per heavy atom. The highest BCUT2D eigenvalue weighted by atomic mass is 19.1. The number of halogens is 1. The van der Waals surface area contributed by atoms with Crippen LogP contribution in [-0.2, 0) is 11.2 Å². The normalized spacial score (nSPS) is 16.3. The molecule has 1 amide bonds. The molecule has 156 valence electrons. The second-order valence-corrected chi connectivity index (χ2v) is 7.18. The van der Waals surface area contributed by atoms with E-state index in [4.69, 9.17) is 9.47 Å². The molecule has 1 aliphatic heterocycles. The van der Waals surface area contributed by atoms with Crippen LogP contribution in [0.4, 0.5) is 4.39 Å². The Balaban J connectivity index is 1.37. The van der Waals surface area contributed by atoms with Crippen molar-refractivity contribution in [2.24, 2.45) is 0 Å². The van der Waals surface area contributed by atoms with Gasteiger partial charge in [-0.2, -0.15) is 0 Å². The van der Waals surface area contributed by atoms with Gasteiger partial charge >= 0.3 is 0 Å². The van der Waals surface area contributed by atoms with Gasteiger partial charge < -0.3 is 19.7 Å². The number of methoxy groups -OCH3 is 1. The molecule has 0 aromatic heterocycles. The van der Waals surface area contributed by atoms with Crippen LogP contribution in [0.5, 0.6) is 11.5 Å². The van der Waals surface area contributed by atoms with E-state index < -0.39 is 0 Å². The lowest BCUT2D eigenvalue weighted by molar-refractivity contribution is -0.129. The Hall–Kier alpha value is -2.60. The van der Waals surface area contributed by atoms with Crippen LogP contribution in [0, 0.1) is 5.82 Å². The highest BCUT2D eigenvalue weighted by Gasteiger charge is 2.30. The van der Waals surface area contributed by atoms with Crippen LogP contribution in [0.1, 0.15) is 24.8 Å². The number of nitrogens with one attached hydrogen (secondary N) is 1. The first kappa shape index (κ1) is 21.1. The number of nitrogens with zero attached hydrogens (tertiary/aromatic N) is 1. The third kappa shape index (κ3) is 6.19. The van der Waals surface area contributed by atoms with Gasteiger partial charge in [0.05, 0.1) is 7.11 Å². The van der Waals surface area contributed by atoms with Crippen molar-refractivity contribution < 1.29 is 18.7 Å². The van der Waals surface area contributed by atoms with Gasteiger partial charge in [-0.25, -0.2) is 4.39 Å². The topological polar surface area (TPSA) is 50.8 Å². The van der Waals surface area contributed by atoms with Crippen LogP contribution in [-0.4, -0.2) is 50.2 Å². The van der Waals surface area contributed by atoms with Crippen molar-refractivity contribution >= 4 is 5.91 Å². The van der Waals surface area contributed by atoms with Crippen molar-refractivity contribution in [3.05, 3.63) is 59.9 Å². The number of carbonyl (C=O) groups is 1. The minimum absolute atomic E-state index is 0.240. The molecular formula is C23H29FN2O3. The van der Waals surface area contributed by atoms with Gasteiger partial charge in [-0.1, -0.05) is 18.2 Å². The molecule has 0 radical (unpaired) electrons. The highest BCUT2D eigenvalue weighted by Crippen LogP contribution is 2.24. The molecule has 1 atom stereocenters. The Bertz CT molecular complexity index is 782. The fourth-order valence-electron chi connectivity index (χ4n) is 3.72. The molecule has 3 rings (SSSR count). The molecule has 0 saturated carbocycles. The third-order valence-electron chi connectivity index (χ3n) is 5.28. The lowest BCUT2D eigenvalue weighted by Crippen LogP contribution is -2.37. The summed E-state index contributed by atoms with van der Waals surface area (Å²) < 4.78 is 23.9. The van der Waals surface area contributed by atoms with Crippen molar-refractivity contribution in [1.82, 2.24) is 10.2 Å². The van der Waals surface area contributed by atoms with Gasteiger partial charge in [-0.05, 0) is 61.7 Å². The lowest BCUT2D eigenvalue weighted by Gasteiger charge is -2.25. The molecule has 1 N–H and O–H groups in total. The van der Waals surface area contributed by atoms with Gasteiger partial charge in [0.1, 0.15) is 23.9 Å². The molecular weight excluding hydrogens is 371 g/mol. The summed E-state index contributed by atoms with van der Waals surface area (Å²) in [6.07, 6.45) is 3.27. The fraction of sp³-hybridized carbons (Fsp3) is 0.435. The van der Waals surface area contributed by atoms with E-state index >= 15 is 0 Å². The van der Waals surface area contributed by atoms with Crippen molar-refractivity contribution in [3.8, 4) is 11.5 Å². The summed E-state index contributed by atoms with van der Waals surface area (Å²) in [7, 11) is 1.67. The molecule has 2 aromatic rings. The van der Waals surface area contributed by atoms with Gasteiger partial charge in [-0.15, -0.1) is 0 Å². The zero-order valence-corrected chi connectivity index (χ0v) is 16.9. The average Bonchev–Trinajstić information content (AvgIpc) is 3.10. The molecule has 0 spiro atoms. The van der Waals surface area contributed by atoms with Crippen molar-refractivity contribution in [1.29, 1.82) is 0 Å². The predicted octanol–water partition coefficient (Wildman–Crippen LogP) is 3.43. The Kier molecular flexibility index (Phi) is 7.87. The van der Waals surface area contributed by atoms with E-state index in [1.165, 1.54) is 12.1 Å². The van der Waals surface area contributed by atoms with Crippen molar-refractivity contribution in [3.63, 3.8) is 0 Å². The van der Waals surface area contributed by atoms with Crippen LogP contribution in [0.2, 0.25) is 0 Å². The third-order valence-corrected chi connectivity index (χ3v) is 5.28. The van der Waals surface area contributed by atoms with E-state index in [0.717, 1.165) is 43.7 Å². The first-order chi connectivity index (χ1) is 14.2. The van der Waals surface area contributed by atoms with Gasteiger partial charge in [0.2, 0.25) is 5.91 Å². The van der Waals surface area contributed by atoms with Gasteiger partial charge in [0.25, 0.3) is 0 Å². The van der Waals surface area contributed by atoms with Gasteiger partial charge in [0.15, 0.2) is 0 Å². The van der Waals surface area contributed by atoms with Crippen LogP contribution in [0.25, 0.3) is 0 Å². The van der Waals surface area contributed by atoms with Crippen molar-refractivity contribution in [2.45, 2.75) is 31.7 Å². The number of hydrogen-bond donors (Lipinski definition) is 1. The second-order valence-electron chi connectivity index (χ2n) is 7.18. The second kappa shape index (κ2) is 10.8. The monoisotopic (exact) mass is 400 g/mol. The average molecular weight is 400 g/mol. The fourth-order valence-corrected chi connectivity index (χ4v) is 3.72. The molecule has 0 bridgehead atoms. The van der Waals surface area contributed by atoms with Crippen LogP contribution < -0.4 is 14.8 Å². The van der Waals surface area contributed by atoms with E-state index in [2.05, 4.69) is 11.4 Å². The largest absolute Gasteiger partial charge is 0.496 e. The summed E-state index contributed by atoms with van der Waals surface area (Å²) in [6.45, 7) is 2.78. The first-order valence-electron chi connectivity index (χ1n) is 10.2. The molecule has 0 unspecified atom stereocenters. The smallest absolute Gasteiger partial charge is 0.222 e. The molecule has 29 heavy (non-hydrogen) atoms. The first-order valence-corrected chi connectivity index (χ1v) is 10.2.